The van der Waals surface area contributed by atoms with Crippen LogP contribution in [0.5, 0.6) is 5.75 Å². The second-order valence-electron chi connectivity index (χ2n) is 5.60. The molecule has 0 aliphatic carbocycles. The number of rotatable bonds is 5. The van der Waals surface area contributed by atoms with Gasteiger partial charge in [-0.25, -0.2) is 4.79 Å². The lowest BCUT2D eigenvalue weighted by Gasteiger charge is -2.15. The first-order chi connectivity index (χ1) is 11.1. The van der Waals surface area contributed by atoms with Gasteiger partial charge in [0.2, 0.25) is 5.91 Å². The third kappa shape index (κ3) is 3.06. The summed E-state index contributed by atoms with van der Waals surface area (Å²) in [5.41, 5.74) is 6.38. The fourth-order valence-electron chi connectivity index (χ4n) is 2.86. The van der Waals surface area contributed by atoms with Gasteiger partial charge in [0.1, 0.15) is 11.8 Å². The predicted octanol–water partition coefficient (Wildman–Crippen LogP) is 1.27. The number of ether oxygens (including phenoxy) is 1. The molecule has 1 saturated heterocycles. The number of methoxy groups -OCH3 is 1. The van der Waals surface area contributed by atoms with Gasteiger partial charge in [-0.05, 0) is 34.9 Å². The van der Waals surface area contributed by atoms with E-state index in [0.29, 0.717) is 19.5 Å². The number of primary amides is 1. The minimum atomic E-state index is -0.602. The summed E-state index contributed by atoms with van der Waals surface area (Å²) in [4.78, 5) is 24.7. The van der Waals surface area contributed by atoms with Gasteiger partial charge in [0.25, 0.3) is 0 Å². The Hall–Kier alpha value is -2.76. The average molecular weight is 313 g/mol. The molecule has 1 fully saturated rings. The minimum absolute atomic E-state index is 0.244. The Bertz CT molecular complexity index is 760. The van der Waals surface area contributed by atoms with Crippen LogP contribution in [0.2, 0.25) is 0 Å². The van der Waals surface area contributed by atoms with Gasteiger partial charge < -0.3 is 20.7 Å². The maximum Gasteiger partial charge on any atom is 0.318 e. The molecule has 0 saturated carbocycles. The molecule has 1 unspecified atom stereocenters. The number of benzene rings is 2. The highest BCUT2D eigenvalue weighted by Crippen LogP contribution is 2.24. The maximum absolute atomic E-state index is 11.9. The van der Waals surface area contributed by atoms with Crippen LogP contribution in [-0.4, -0.2) is 43.1 Å². The van der Waals surface area contributed by atoms with Gasteiger partial charge in [-0.2, -0.15) is 0 Å². The Morgan fingerprint density at radius 2 is 2.22 bits per heavy atom. The van der Waals surface area contributed by atoms with Crippen molar-refractivity contribution in [3.8, 4) is 5.75 Å². The third-order valence-corrected chi connectivity index (χ3v) is 4.16. The van der Waals surface area contributed by atoms with Gasteiger partial charge in [0, 0.05) is 6.54 Å². The summed E-state index contributed by atoms with van der Waals surface area (Å²) in [5.74, 6) is 0.299. The molecule has 3 rings (SSSR count). The number of carbonyl (C=O) groups excluding carboxylic acids is 2. The number of amides is 3. The fraction of sp³-hybridized carbons (Fsp3) is 0.294. The van der Waals surface area contributed by atoms with Crippen molar-refractivity contribution >= 4 is 22.7 Å². The summed E-state index contributed by atoms with van der Waals surface area (Å²) < 4.78 is 5.29. The van der Waals surface area contributed by atoms with Crippen LogP contribution in [0.3, 0.4) is 0 Å². The average Bonchev–Trinajstić information content (AvgIpc) is 2.93. The number of nitrogens with zero attached hydrogens (tertiary/aromatic N) is 1. The van der Waals surface area contributed by atoms with Crippen molar-refractivity contribution in [3.63, 3.8) is 0 Å². The molecular formula is C17H19N3O3. The van der Waals surface area contributed by atoms with Crippen LogP contribution < -0.4 is 15.8 Å². The molecule has 6 nitrogen and oxygen atoms in total. The Kier molecular flexibility index (Phi) is 4.06. The van der Waals surface area contributed by atoms with E-state index >= 15 is 0 Å². The number of carbonyl (C=O) groups is 2. The maximum atomic E-state index is 11.9. The Balaban J connectivity index is 1.77. The van der Waals surface area contributed by atoms with E-state index < -0.39 is 11.9 Å². The summed E-state index contributed by atoms with van der Waals surface area (Å²) in [6.45, 7) is 0.855. The first kappa shape index (κ1) is 15.1. The van der Waals surface area contributed by atoms with Crippen LogP contribution in [0, 0.1) is 0 Å². The number of hydrogen-bond donors (Lipinski definition) is 2. The molecule has 1 heterocycles. The van der Waals surface area contributed by atoms with Crippen molar-refractivity contribution in [1.29, 1.82) is 0 Å². The molecule has 1 aliphatic heterocycles. The molecule has 3 amide bonds. The van der Waals surface area contributed by atoms with Crippen molar-refractivity contribution in [2.24, 2.45) is 5.73 Å². The number of fused-ring (bicyclic) bond motifs is 1. The van der Waals surface area contributed by atoms with Crippen LogP contribution >= 0.6 is 0 Å². The fourth-order valence-corrected chi connectivity index (χ4v) is 2.86. The number of nitrogens with one attached hydrogen (secondary N) is 1. The van der Waals surface area contributed by atoms with Gasteiger partial charge in [0.15, 0.2) is 0 Å². The molecule has 120 valence electrons. The summed E-state index contributed by atoms with van der Waals surface area (Å²) in [6, 6.07) is 11.2. The van der Waals surface area contributed by atoms with E-state index in [1.54, 1.807) is 12.0 Å². The van der Waals surface area contributed by atoms with Gasteiger partial charge in [-0.1, -0.05) is 24.3 Å². The van der Waals surface area contributed by atoms with Gasteiger partial charge >= 0.3 is 6.03 Å². The normalized spacial score (nSPS) is 17.3. The lowest BCUT2D eigenvalue weighted by molar-refractivity contribution is -0.119. The van der Waals surface area contributed by atoms with Crippen molar-refractivity contribution in [2.45, 2.75) is 12.5 Å². The standard InChI is InChI=1S/C17H19N3O3/c1-23-13-6-5-11-3-2-4-12(14(11)9-13)7-8-20-10-15(16(18)21)19-17(20)22/h2-6,9,15H,7-8,10H2,1H3,(H2,18,21)(H,19,22). The highest BCUT2D eigenvalue weighted by molar-refractivity contribution is 5.89. The summed E-state index contributed by atoms with van der Waals surface area (Å²) in [5, 5.41) is 4.83. The Morgan fingerprint density at radius 1 is 1.39 bits per heavy atom. The monoisotopic (exact) mass is 313 g/mol. The Morgan fingerprint density at radius 3 is 2.91 bits per heavy atom. The summed E-state index contributed by atoms with van der Waals surface area (Å²) in [6.07, 6.45) is 0.698. The number of nitrogens with two attached hydrogens (primary N) is 1. The minimum Gasteiger partial charge on any atom is -0.497 e. The summed E-state index contributed by atoms with van der Waals surface area (Å²) >= 11 is 0. The molecule has 0 bridgehead atoms. The smallest absolute Gasteiger partial charge is 0.318 e. The molecule has 3 N–H and O–H groups in total. The molecule has 1 aliphatic rings. The molecule has 0 radical (unpaired) electrons. The van der Waals surface area contributed by atoms with Crippen LogP contribution in [0.1, 0.15) is 5.56 Å². The summed E-state index contributed by atoms with van der Waals surface area (Å²) in [7, 11) is 1.64. The molecule has 23 heavy (non-hydrogen) atoms. The first-order valence-electron chi connectivity index (χ1n) is 7.49. The van der Waals surface area contributed by atoms with Crippen molar-refractivity contribution in [2.75, 3.05) is 20.2 Å². The van der Waals surface area contributed by atoms with Crippen molar-refractivity contribution in [3.05, 3.63) is 42.0 Å². The third-order valence-electron chi connectivity index (χ3n) is 4.16. The number of urea groups is 1. The zero-order valence-corrected chi connectivity index (χ0v) is 12.9. The molecular weight excluding hydrogens is 294 g/mol. The molecule has 0 aromatic heterocycles. The largest absolute Gasteiger partial charge is 0.497 e. The van der Waals surface area contributed by atoms with Crippen molar-refractivity contribution < 1.29 is 14.3 Å². The van der Waals surface area contributed by atoms with Crippen LogP contribution in [-0.2, 0) is 11.2 Å². The van der Waals surface area contributed by atoms with Crippen LogP contribution in [0.15, 0.2) is 36.4 Å². The first-order valence-corrected chi connectivity index (χ1v) is 7.49. The van der Waals surface area contributed by atoms with E-state index in [2.05, 4.69) is 5.32 Å². The second-order valence-corrected chi connectivity index (χ2v) is 5.60. The quantitative estimate of drug-likeness (QED) is 0.872. The van der Waals surface area contributed by atoms with Crippen LogP contribution in [0.4, 0.5) is 4.79 Å². The molecule has 2 aromatic rings. The van der Waals surface area contributed by atoms with E-state index in [1.807, 2.05) is 36.4 Å². The lowest BCUT2D eigenvalue weighted by Crippen LogP contribution is -2.39. The van der Waals surface area contributed by atoms with E-state index in [9.17, 15) is 9.59 Å². The molecule has 0 spiro atoms. The zero-order valence-electron chi connectivity index (χ0n) is 12.9. The SMILES string of the molecule is COc1ccc2cccc(CCN3CC(C(N)=O)NC3=O)c2c1. The highest BCUT2D eigenvalue weighted by Gasteiger charge is 2.31. The zero-order chi connectivity index (χ0) is 16.4. The highest BCUT2D eigenvalue weighted by atomic mass is 16.5. The van der Waals surface area contributed by atoms with E-state index in [0.717, 1.165) is 22.1 Å². The second kappa shape index (κ2) is 6.16. The molecule has 2 aromatic carbocycles. The topological polar surface area (TPSA) is 84.7 Å². The lowest BCUT2D eigenvalue weighted by atomic mass is 10.0. The van der Waals surface area contributed by atoms with E-state index in [-0.39, 0.29) is 6.03 Å². The molecule has 1 atom stereocenters. The number of hydrogen-bond acceptors (Lipinski definition) is 3. The Labute approximate surface area is 134 Å². The van der Waals surface area contributed by atoms with Gasteiger partial charge in [-0.3, -0.25) is 4.79 Å². The van der Waals surface area contributed by atoms with E-state index in [4.69, 9.17) is 10.5 Å². The van der Waals surface area contributed by atoms with Gasteiger partial charge in [0.05, 0.1) is 13.7 Å². The predicted molar refractivity (Wildman–Crippen MR) is 87.3 cm³/mol. The molecule has 6 heteroatoms. The van der Waals surface area contributed by atoms with Crippen molar-refractivity contribution in [1.82, 2.24) is 10.2 Å². The van der Waals surface area contributed by atoms with Crippen LogP contribution in [0.25, 0.3) is 10.8 Å². The van der Waals surface area contributed by atoms with Gasteiger partial charge in [-0.15, -0.1) is 0 Å². The van der Waals surface area contributed by atoms with E-state index in [1.165, 1.54) is 0 Å².